The van der Waals surface area contributed by atoms with Crippen molar-refractivity contribution < 1.29 is 9.53 Å². The van der Waals surface area contributed by atoms with Gasteiger partial charge in [-0.15, -0.1) is 11.3 Å². The van der Waals surface area contributed by atoms with Gasteiger partial charge >= 0.3 is 0 Å². The number of anilines is 2. The molecule has 0 aliphatic heterocycles. The van der Waals surface area contributed by atoms with Crippen LogP contribution in [-0.4, -0.2) is 23.0 Å². The second kappa shape index (κ2) is 6.96. The molecule has 1 aromatic carbocycles. The van der Waals surface area contributed by atoms with Crippen molar-refractivity contribution in [3.63, 3.8) is 0 Å². The van der Waals surface area contributed by atoms with E-state index in [-0.39, 0.29) is 5.91 Å². The Kier molecular flexibility index (Phi) is 4.40. The van der Waals surface area contributed by atoms with Crippen LogP contribution in [0.1, 0.15) is 34.3 Å². The first-order valence-electron chi connectivity index (χ1n) is 9.48. The van der Waals surface area contributed by atoms with Crippen molar-refractivity contribution in [2.24, 2.45) is 5.92 Å². The minimum absolute atomic E-state index is 0.247. The van der Waals surface area contributed by atoms with Crippen molar-refractivity contribution in [3.05, 3.63) is 40.4 Å². The van der Waals surface area contributed by atoms with Crippen molar-refractivity contribution in [2.75, 3.05) is 18.2 Å². The van der Waals surface area contributed by atoms with Gasteiger partial charge in [-0.2, -0.15) is 0 Å². The maximum atomic E-state index is 12.9. The molecule has 1 aliphatic carbocycles. The first-order valence-corrected chi connectivity index (χ1v) is 11.1. The molecule has 6 nitrogen and oxygen atoms in total. The van der Waals surface area contributed by atoms with Crippen molar-refractivity contribution in [1.29, 1.82) is 0 Å². The fourth-order valence-electron chi connectivity index (χ4n) is 3.78. The van der Waals surface area contributed by atoms with E-state index in [1.165, 1.54) is 28.2 Å². The number of amides is 1. The summed E-state index contributed by atoms with van der Waals surface area (Å²) in [7, 11) is 1.63. The Morgan fingerprint density at radius 3 is 2.97 bits per heavy atom. The van der Waals surface area contributed by atoms with E-state index in [1.807, 2.05) is 18.2 Å². The molecule has 3 N–H and O–H groups in total. The van der Waals surface area contributed by atoms with Gasteiger partial charge in [-0.25, -0.2) is 9.97 Å². The number of rotatable bonds is 3. The molecular formula is C21H20N4O2S2. The fraction of sp³-hybridized carbons (Fsp3) is 0.286. The number of aryl methyl sites for hydroxylation is 1. The number of carbonyl (C=O) groups is 1. The predicted octanol–water partition coefficient (Wildman–Crippen LogP) is 4.87. The average Bonchev–Trinajstić information content (AvgIpc) is 3.25. The average molecular weight is 425 g/mol. The normalized spacial score (nSPS) is 16.1. The number of methoxy groups -OCH3 is 1. The van der Waals surface area contributed by atoms with Gasteiger partial charge in [0, 0.05) is 11.1 Å². The van der Waals surface area contributed by atoms with Gasteiger partial charge in [0.15, 0.2) is 5.13 Å². The number of nitrogens with two attached hydrogens (primary N) is 1. The lowest BCUT2D eigenvalue weighted by Gasteiger charge is -2.20. The minimum Gasteiger partial charge on any atom is -0.497 e. The molecule has 5 rings (SSSR count). The zero-order chi connectivity index (χ0) is 20.1. The third-order valence-corrected chi connectivity index (χ3v) is 7.40. The maximum absolute atomic E-state index is 12.9. The van der Waals surface area contributed by atoms with Crippen LogP contribution in [0.15, 0.2) is 24.3 Å². The van der Waals surface area contributed by atoms with Crippen LogP contribution in [0.4, 0.5) is 10.8 Å². The Balaban J connectivity index is 1.47. The summed E-state index contributed by atoms with van der Waals surface area (Å²) in [6.07, 6.45) is 3.16. The Bertz CT molecular complexity index is 1260. The lowest BCUT2D eigenvalue weighted by molar-refractivity contribution is 0.103. The molecule has 0 saturated heterocycles. The van der Waals surface area contributed by atoms with Crippen molar-refractivity contribution >= 4 is 59.8 Å². The second-order valence-electron chi connectivity index (χ2n) is 7.45. The summed E-state index contributed by atoms with van der Waals surface area (Å²) in [5, 5.41) is 4.31. The summed E-state index contributed by atoms with van der Waals surface area (Å²) in [4.78, 5) is 23.5. The molecule has 0 fully saturated rings. The Hall–Kier alpha value is -2.71. The van der Waals surface area contributed by atoms with Crippen LogP contribution in [0.5, 0.6) is 5.75 Å². The Morgan fingerprint density at radius 1 is 1.28 bits per heavy atom. The topological polar surface area (TPSA) is 90.1 Å². The zero-order valence-corrected chi connectivity index (χ0v) is 17.7. The van der Waals surface area contributed by atoms with Crippen LogP contribution in [0.3, 0.4) is 0 Å². The van der Waals surface area contributed by atoms with Gasteiger partial charge in [0.2, 0.25) is 0 Å². The summed E-state index contributed by atoms with van der Waals surface area (Å²) in [6.45, 7) is 2.26. The number of aromatic nitrogens is 2. The number of carbonyl (C=O) groups excluding carboxylic acids is 1. The molecule has 8 heteroatoms. The zero-order valence-electron chi connectivity index (χ0n) is 16.1. The van der Waals surface area contributed by atoms with Gasteiger partial charge in [0.25, 0.3) is 5.91 Å². The third-order valence-electron chi connectivity index (χ3n) is 5.35. The third kappa shape index (κ3) is 3.22. The van der Waals surface area contributed by atoms with Crippen molar-refractivity contribution in [3.8, 4) is 5.75 Å². The molecule has 3 aromatic heterocycles. The van der Waals surface area contributed by atoms with E-state index < -0.39 is 0 Å². The second-order valence-corrected chi connectivity index (χ2v) is 9.48. The molecule has 0 spiro atoms. The van der Waals surface area contributed by atoms with E-state index in [1.54, 1.807) is 7.11 Å². The highest BCUT2D eigenvalue weighted by Crippen LogP contribution is 2.37. The number of benzene rings is 1. The highest BCUT2D eigenvalue weighted by Gasteiger charge is 2.23. The van der Waals surface area contributed by atoms with Gasteiger partial charge in [-0.05, 0) is 55.0 Å². The number of thiophene rings is 1. The Labute approximate surface area is 175 Å². The van der Waals surface area contributed by atoms with Gasteiger partial charge < -0.3 is 10.5 Å². The maximum Gasteiger partial charge on any atom is 0.269 e. The quantitative estimate of drug-likeness (QED) is 0.489. The highest BCUT2D eigenvalue weighted by molar-refractivity contribution is 7.23. The number of hydrogen-bond donors (Lipinski definition) is 2. The van der Waals surface area contributed by atoms with Crippen LogP contribution in [0.2, 0.25) is 0 Å². The predicted molar refractivity (Wildman–Crippen MR) is 119 cm³/mol. The molecule has 4 aromatic rings. The minimum atomic E-state index is -0.247. The summed E-state index contributed by atoms with van der Waals surface area (Å²) >= 11 is 2.75. The summed E-state index contributed by atoms with van der Waals surface area (Å²) in [5.41, 5.74) is 10.1. The van der Waals surface area contributed by atoms with Gasteiger partial charge in [0.1, 0.15) is 15.5 Å². The number of ether oxygens (including phenoxy) is 1. The van der Waals surface area contributed by atoms with E-state index in [0.717, 1.165) is 51.1 Å². The first kappa shape index (κ1) is 18.3. The van der Waals surface area contributed by atoms with E-state index >= 15 is 0 Å². The number of nitrogens with zero attached hydrogens (tertiary/aromatic N) is 2. The van der Waals surface area contributed by atoms with E-state index in [9.17, 15) is 4.79 Å². The smallest absolute Gasteiger partial charge is 0.269 e. The number of fused-ring (bicyclic) bond motifs is 3. The molecular weight excluding hydrogens is 404 g/mol. The molecule has 1 aliphatic rings. The number of hydrogen-bond acceptors (Lipinski definition) is 7. The molecule has 1 unspecified atom stereocenters. The lowest BCUT2D eigenvalue weighted by Crippen LogP contribution is -2.12. The van der Waals surface area contributed by atoms with Gasteiger partial charge in [-0.1, -0.05) is 18.3 Å². The largest absolute Gasteiger partial charge is 0.497 e. The molecule has 1 atom stereocenters. The van der Waals surface area contributed by atoms with E-state index in [4.69, 9.17) is 15.5 Å². The van der Waals surface area contributed by atoms with Crippen molar-refractivity contribution in [1.82, 2.24) is 9.97 Å². The molecule has 0 bridgehead atoms. The fourth-order valence-corrected chi connectivity index (χ4v) is 5.66. The van der Waals surface area contributed by atoms with Crippen LogP contribution in [0, 0.1) is 5.92 Å². The van der Waals surface area contributed by atoms with Crippen molar-refractivity contribution in [2.45, 2.75) is 26.2 Å². The summed E-state index contributed by atoms with van der Waals surface area (Å²) in [6, 6.07) is 7.77. The molecule has 1 amide bonds. The summed E-state index contributed by atoms with van der Waals surface area (Å²) in [5.74, 6) is 1.17. The van der Waals surface area contributed by atoms with Gasteiger partial charge in [-0.3, -0.25) is 10.1 Å². The van der Waals surface area contributed by atoms with E-state index in [2.05, 4.69) is 23.3 Å². The van der Waals surface area contributed by atoms with E-state index in [0.29, 0.717) is 21.6 Å². The van der Waals surface area contributed by atoms with Crippen LogP contribution >= 0.6 is 22.7 Å². The standard InChI is InChI=1S/C21H20N4O2S2/c1-10-3-5-14-11(7-10)8-13-17(22)18(29-20(13)23-14)19(26)25-21-24-15-6-4-12(27-2)9-16(15)28-21/h4,6,8-10H,3,5,7,22H2,1-2H3,(H,24,25,26). The number of thiazole rings is 1. The molecule has 3 heterocycles. The number of pyridine rings is 1. The summed E-state index contributed by atoms with van der Waals surface area (Å²) < 4.78 is 6.20. The van der Waals surface area contributed by atoms with Gasteiger partial charge in [0.05, 0.1) is 23.0 Å². The monoisotopic (exact) mass is 424 g/mol. The highest BCUT2D eigenvalue weighted by atomic mass is 32.1. The molecule has 0 saturated carbocycles. The van der Waals surface area contributed by atoms with Crippen LogP contribution < -0.4 is 15.8 Å². The molecule has 148 valence electrons. The lowest BCUT2D eigenvalue weighted by atomic mass is 9.87. The SMILES string of the molecule is COc1ccc2nc(NC(=O)c3sc4nc5c(cc4c3N)CC(C)CC5)sc2c1. The number of nitrogens with one attached hydrogen (secondary N) is 1. The Morgan fingerprint density at radius 2 is 2.14 bits per heavy atom. The molecule has 0 radical (unpaired) electrons. The number of nitrogen functional groups attached to an aromatic ring is 1. The first-order chi connectivity index (χ1) is 14.0. The molecule has 29 heavy (non-hydrogen) atoms. The van der Waals surface area contributed by atoms with Crippen LogP contribution in [-0.2, 0) is 12.8 Å². The van der Waals surface area contributed by atoms with Crippen LogP contribution in [0.25, 0.3) is 20.4 Å².